The van der Waals surface area contributed by atoms with Gasteiger partial charge in [0.25, 0.3) is 5.91 Å². The van der Waals surface area contributed by atoms with E-state index in [2.05, 4.69) is 5.32 Å². The summed E-state index contributed by atoms with van der Waals surface area (Å²) in [4.78, 5) is 28.3. The van der Waals surface area contributed by atoms with Crippen LogP contribution in [0.2, 0.25) is 0 Å². The van der Waals surface area contributed by atoms with Crippen molar-refractivity contribution in [3.8, 4) is 11.5 Å². The summed E-state index contributed by atoms with van der Waals surface area (Å²) in [6.07, 6.45) is 4.32. The highest BCUT2D eigenvalue weighted by Gasteiger charge is 2.35. The zero-order valence-electron chi connectivity index (χ0n) is 24.2. The lowest BCUT2D eigenvalue weighted by molar-refractivity contribution is -0.120. The molecule has 0 saturated heterocycles. The van der Waals surface area contributed by atoms with E-state index >= 15 is 0 Å². The third-order valence-corrected chi connectivity index (χ3v) is 9.95. The van der Waals surface area contributed by atoms with Crippen LogP contribution >= 0.6 is 0 Å². The predicted molar refractivity (Wildman–Crippen MR) is 156 cm³/mol. The summed E-state index contributed by atoms with van der Waals surface area (Å²) < 4.78 is 39.4. The monoisotopic (exact) mass is 587 g/mol. The van der Waals surface area contributed by atoms with Crippen molar-refractivity contribution in [1.29, 1.82) is 0 Å². The van der Waals surface area contributed by atoms with Crippen LogP contribution in [0.1, 0.15) is 56.3 Å². The van der Waals surface area contributed by atoms with Crippen molar-refractivity contribution in [3.63, 3.8) is 0 Å². The summed E-state index contributed by atoms with van der Waals surface area (Å²) in [6, 6.07) is 10.7. The van der Waals surface area contributed by atoms with Crippen molar-refractivity contribution < 1.29 is 32.6 Å². The summed E-state index contributed by atoms with van der Waals surface area (Å²) in [5.74, 6) is 0.170. The number of amides is 2. The molecule has 41 heavy (non-hydrogen) atoms. The second kappa shape index (κ2) is 13.2. The van der Waals surface area contributed by atoms with Gasteiger partial charge in [0.1, 0.15) is 17.6 Å². The highest BCUT2D eigenvalue weighted by molar-refractivity contribution is 7.89. The molecule has 0 bridgehead atoms. The number of aliphatic hydroxyl groups excluding tert-OH is 1. The van der Waals surface area contributed by atoms with E-state index in [1.54, 1.807) is 42.2 Å². The third-order valence-electron chi connectivity index (χ3n) is 8.11. The first-order chi connectivity index (χ1) is 19.5. The Morgan fingerprint density at radius 1 is 1.17 bits per heavy atom. The van der Waals surface area contributed by atoms with Crippen LogP contribution in [0.3, 0.4) is 0 Å². The molecule has 1 aliphatic heterocycles. The first-order valence-electron chi connectivity index (χ1n) is 14.2. The predicted octanol–water partition coefficient (Wildman–Crippen LogP) is 3.75. The number of rotatable bonds is 9. The van der Waals surface area contributed by atoms with Gasteiger partial charge < -0.3 is 24.8 Å². The van der Waals surface area contributed by atoms with E-state index in [-0.39, 0.29) is 53.8 Å². The minimum atomic E-state index is -3.83. The van der Waals surface area contributed by atoms with Gasteiger partial charge in [0.2, 0.25) is 15.9 Å². The Kier molecular flexibility index (Phi) is 9.93. The van der Waals surface area contributed by atoms with E-state index in [0.29, 0.717) is 17.2 Å². The van der Waals surface area contributed by atoms with Crippen LogP contribution in [0.25, 0.3) is 0 Å². The number of benzene rings is 2. The van der Waals surface area contributed by atoms with E-state index < -0.39 is 22.2 Å². The maximum absolute atomic E-state index is 13.7. The number of fused-ring (bicyclic) bond motifs is 1. The normalized spacial score (nSPS) is 20.9. The quantitative estimate of drug-likeness (QED) is 0.458. The SMILES string of the molecule is COc1ccc(S(=O)(=O)N(C)C[C@@H]2Oc3ccc(NC(=O)C4CCCCC4)cc3C(=O)N([C@H](C)CO)C[C@@H]2C)cc1. The molecule has 2 N–H and O–H groups in total. The summed E-state index contributed by atoms with van der Waals surface area (Å²) in [6.45, 7) is 3.71. The standard InChI is InChI=1S/C30H41N3O7S/c1-20-17-33(21(2)19-34)30(36)26-16-23(31-29(35)22-8-6-5-7-9-22)10-15-27(26)40-28(20)18-32(3)41(37,38)25-13-11-24(39-4)12-14-25/h10-16,20-22,28,34H,5-9,17-19H2,1-4H3,(H,31,35)/t20-,21+,28-/m0/s1. The number of anilines is 1. The Balaban J connectivity index is 1.61. The van der Waals surface area contributed by atoms with Crippen LogP contribution in [-0.2, 0) is 14.8 Å². The third kappa shape index (κ3) is 7.02. The van der Waals surface area contributed by atoms with Gasteiger partial charge in [-0.15, -0.1) is 0 Å². The molecule has 0 radical (unpaired) electrons. The van der Waals surface area contributed by atoms with E-state index in [4.69, 9.17) is 9.47 Å². The molecule has 224 valence electrons. The maximum atomic E-state index is 13.7. The van der Waals surface area contributed by atoms with Crippen molar-refractivity contribution >= 4 is 27.5 Å². The molecule has 2 aromatic carbocycles. The van der Waals surface area contributed by atoms with Crippen LogP contribution in [0.15, 0.2) is 47.4 Å². The van der Waals surface area contributed by atoms with E-state index in [1.165, 1.54) is 30.6 Å². The van der Waals surface area contributed by atoms with Gasteiger partial charge in [-0.25, -0.2) is 8.42 Å². The number of carbonyl (C=O) groups is 2. The number of carbonyl (C=O) groups excluding carboxylic acids is 2. The lowest BCUT2D eigenvalue weighted by atomic mass is 9.88. The Labute approximate surface area is 242 Å². The number of nitrogens with one attached hydrogen (secondary N) is 1. The molecule has 4 rings (SSSR count). The molecular weight excluding hydrogens is 546 g/mol. The van der Waals surface area contributed by atoms with Crippen molar-refractivity contribution in [2.45, 2.75) is 63.0 Å². The van der Waals surface area contributed by atoms with Gasteiger partial charge in [-0.1, -0.05) is 26.2 Å². The molecule has 0 spiro atoms. The number of aliphatic hydroxyl groups is 1. The van der Waals surface area contributed by atoms with E-state index in [1.807, 2.05) is 6.92 Å². The molecule has 2 aliphatic rings. The van der Waals surface area contributed by atoms with Gasteiger partial charge in [0, 0.05) is 31.1 Å². The Morgan fingerprint density at radius 2 is 1.85 bits per heavy atom. The summed E-state index contributed by atoms with van der Waals surface area (Å²) in [5, 5.41) is 12.9. The molecule has 2 amide bonds. The highest BCUT2D eigenvalue weighted by atomic mass is 32.2. The summed E-state index contributed by atoms with van der Waals surface area (Å²) >= 11 is 0. The van der Waals surface area contributed by atoms with E-state index in [9.17, 15) is 23.1 Å². The van der Waals surface area contributed by atoms with Gasteiger partial charge in [0.15, 0.2) is 0 Å². The average molecular weight is 588 g/mol. The molecule has 1 fully saturated rings. The lowest BCUT2D eigenvalue weighted by Gasteiger charge is -2.38. The number of methoxy groups -OCH3 is 1. The summed E-state index contributed by atoms with van der Waals surface area (Å²) in [7, 11) is -0.819. The topological polar surface area (TPSA) is 125 Å². The largest absolute Gasteiger partial charge is 0.497 e. The maximum Gasteiger partial charge on any atom is 0.258 e. The second-order valence-electron chi connectivity index (χ2n) is 11.1. The van der Waals surface area contributed by atoms with Crippen LogP contribution in [-0.4, -0.2) is 80.5 Å². The Morgan fingerprint density at radius 3 is 2.49 bits per heavy atom. The molecule has 10 nitrogen and oxygen atoms in total. The second-order valence-corrected chi connectivity index (χ2v) is 13.2. The Hall–Kier alpha value is -3.15. The number of nitrogens with zero attached hydrogens (tertiary/aromatic N) is 2. The van der Waals surface area contributed by atoms with Crippen molar-refractivity contribution in [2.24, 2.45) is 11.8 Å². The first kappa shape index (κ1) is 30.8. The molecule has 3 atom stereocenters. The van der Waals surface area contributed by atoms with Crippen molar-refractivity contribution in [1.82, 2.24) is 9.21 Å². The minimum absolute atomic E-state index is 0.0324. The molecular formula is C30H41N3O7S. The number of sulfonamides is 1. The molecule has 1 aliphatic carbocycles. The number of hydrogen-bond acceptors (Lipinski definition) is 7. The van der Waals surface area contributed by atoms with Gasteiger partial charge >= 0.3 is 0 Å². The number of hydrogen-bond donors (Lipinski definition) is 2. The van der Waals surface area contributed by atoms with Crippen LogP contribution < -0.4 is 14.8 Å². The zero-order chi connectivity index (χ0) is 29.7. The van der Waals surface area contributed by atoms with Gasteiger partial charge in [0.05, 0.1) is 36.8 Å². The number of ether oxygens (including phenoxy) is 2. The van der Waals surface area contributed by atoms with Crippen LogP contribution in [0.5, 0.6) is 11.5 Å². The fourth-order valence-electron chi connectivity index (χ4n) is 5.41. The van der Waals surface area contributed by atoms with Crippen molar-refractivity contribution in [2.75, 3.05) is 39.2 Å². The van der Waals surface area contributed by atoms with Gasteiger partial charge in [-0.2, -0.15) is 4.31 Å². The Bertz CT molecular complexity index is 1330. The average Bonchev–Trinajstić information content (AvgIpc) is 2.99. The minimum Gasteiger partial charge on any atom is -0.497 e. The molecule has 1 heterocycles. The zero-order valence-corrected chi connectivity index (χ0v) is 25.0. The van der Waals surface area contributed by atoms with E-state index in [0.717, 1.165) is 32.1 Å². The van der Waals surface area contributed by atoms with Gasteiger partial charge in [-0.3, -0.25) is 9.59 Å². The molecule has 0 unspecified atom stereocenters. The molecule has 2 aromatic rings. The van der Waals surface area contributed by atoms with Crippen LogP contribution in [0, 0.1) is 11.8 Å². The smallest absolute Gasteiger partial charge is 0.258 e. The fourth-order valence-corrected chi connectivity index (χ4v) is 6.59. The first-order valence-corrected chi connectivity index (χ1v) is 15.6. The summed E-state index contributed by atoms with van der Waals surface area (Å²) in [5.41, 5.74) is 0.751. The highest BCUT2D eigenvalue weighted by Crippen LogP contribution is 2.32. The molecule has 1 saturated carbocycles. The van der Waals surface area contributed by atoms with Gasteiger partial charge in [-0.05, 0) is 62.2 Å². The fraction of sp³-hybridized carbons (Fsp3) is 0.533. The van der Waals surface area contributed by atoms with Crippen molar-refractivity contribution in [3.05, 3.63) is 48.0 Å². The van der Waals surface area contributed by atoms with Crippen LogP contribution in [0.4, 0.5) is 5.69 Å². The number of likely N-dealkylation sites (N-methyl/N-ethyl adjacent to an activating group) is 1. The molecule has 0 aromatic heterocycles. The molecule has 11 heteroatoms. The lowest BCUT2D eigenvalue weighted by Crippen LogP contribution is -2.50.